The van der Waals surface area contributed by atoms with Crippen LogP contribution in [-0.2, 0) is 0 Å². The Morgan fingerprint density at radius 3 is 2.38 bits per heavy atom. The molecule has 0 aromatic heterocycles. The molecule has 1 nitrogen and oxygen atoms in total. The van der Waals surface area contributed by atoms with Gasteiger partial charge in [0.25, 0.3) is 0 Å². The number of rotatable bonds is 0. The molecule has 2 fully saturated rings. The normalized spacial score (nSPS) is 33.7. The topological polar surface area (TPSA) is 12.0 Å². The van der Waals surface area contributed by atoms with Gasteiger partial charge in [-0.15, -0.1) is 0 Å². The number of piperidine rings is 1. The van der Waals surface area contributed by atoms with Gasteiger partial charge in [0.1, 0.15) is 0 Å². The molecule has 78 valence electrons. The highest BCUT2D eigenvalue weighted by Gasteiger charge is 2.25. The van der Waals surface area contributed by atoms with Gasteiger partial charge in [-0.2, -0.15) is 0 Å². The fourth-order valence-corrected chi connectivity index (χ4v) is 2.65. The van der Waals surface area contributed by atoms with Crippen molar-refractivity contribution in [2.24, 2.45) is 5.92 Å². The van der Waals surface area contributed by atoms with E-state index in [9.17, 15) is 0 Å². The predicted molar refractivity (Wildman–Crippen MR) is 58.9 cm³/mol. The quantitative estimate of drug-likeness (QED) is 0.607. The third-order valence-electron chi connectivity index (χ3n) is 3.32. The van der Waals surface area contributed by atoms with Crippen molar-refractivity contribution in [2.45, 2.75) is 64.8 Å². The predicted octanol–water partition coefficient (Wildman–Crippen LogP) is 3.34. The molecule has 1 heterocycles. The lowest BCUT2D eigenvalue weighted by Crippen LogP contribution is -2.40. The molecule has 1 saturated carbocycles. The molecule has 2 rings (SSSR count). The fraction of sp³-hybridized carbons (Fsp3) is 1.00. The van der Waals surface area contributed by atoms with Crippen LogP contribution >= 0.6 is 0 Å². The summed E-state index contributed by atoms with van der Waals surface area (Å²) in [6.45, 7) is 5.28. The molecule has 0 spiro atoms. The summed E-state index contributed by atoms with van der Waals surface area (Å²) in [5.74, 6) is 1.03. The van der Waals surface area contributed by atoms with Crippen LogP contribution in [0.2, 0.25) is 0 Å². The van der Waals surface area contributed by atoms with Crippen LogP contribution in [0.1, 0.15) is 58.8 Å². The van der Waals surface area contributed by atoms with Crippen molar-refractivity contribution in [3.05, 3.63) is 0 Å². The molecule has 2 atom stereocenters. The molecule has 0 aromatic rings. The SMILES string of the molecule is C1CCC2CCCNC2CC1.CC. The van der Waals surface area contributed by atoms with Gasteiger partial charge < -0.3 is 5.32 Å². The Hall–Kier alpha value is -0.0400. The van der Waals surface area contributed by atoms with Crippen LogP contribution in [0.5, 0.6) is 0 Å². The smallest absolute Gasteiger partial charge is 0.00953 e. The summed E-state index contributed by atoms with van der Waals surface area (Å²) in [6, 6.07) is 0.895. The highest BCUT2D eigenvalue weighted by molar-refractivity contribution is 4.82. The van der Waals surface area contributed by atoms with E-state index in [2.05, 4.69) is 5.32 Å². The van der Waals surface area contributed by atoms with E-state index in [1.807, 2.05) is 13.8 Å². The minimum Gasteiger partial charge on any atom is -0.314 e. The number of hydrogen-bond donors (Lipinski definition) is 1. The average molecular weight is 183 g/mol. The van der Waals surface area contributed by atoms with Crippen molar-refractivity contribution in [3.8, 4) is 0 Å². The molecule has 0 amide bonds. The molecule has 1 saturated heterocycles. The Balaban J connectivity index is 0.000000396. The van der Waals surface area contributed by atoms with Crippen molar-refractivity contribution < 1.29 is 0 Å². The standard InChI is InChI=1S/C10H19N.C2H6/c1-2-5-9-6-4-8-11-10(9)7-3-1;1-2/h9-11H,1-8H2;1-2H3. The van der Waals surface area contributed by atoms with Gasteiger partial charge in [-0.1, -0.05) is 33.1 Å². The van der Waals surface area contributed by atoms with E-state index >= 15 is 0 Å². The first-order chi connectivity index (χ1) is 6.47. The van der Waals surface area contributed by atoms with E-state index in [0.717, 1.165) is 12.0 Å². The molecular weight excluding hydrogens is 158 g/mol. The molecule has 1 aliphatic carbocycles. The Morgan fingerprint density at radius 2 is 1.54 bits per heavy atom. The van der Waals surface area contributed by atoms with E-state index in [-0.39, 0.29) is 0 Å². The van der Waals surface area contributed by atoms with Crippen LogP contribution in [0.25, 0.3) is 0 Å². The van der Waals surface area contributed by atoms with Crippen LogP contribution in [-0.4, -0.2) is 12.6 Å². The zero-order valence-electron chi connectivity index (χ0n) is 9.31. The number of fused-ring (bicyclic) bond motifs is 1. The summed E-state index contributed by atoms with van der Waals surface area (Å²) < 4.78 is 0. The van der Waals surface area contributed by atoms with Crippen molar-refractivity contribution in [1.29, 1.82) is 0 Å². The molecule has 0 aromatic carbocycles. The second-order valence-electron chi connectivity index (χ2n) is 4.10. The van der Waals surface area contributed by atoms with Gasteiger partial charge in [0, 0.05) is 6.04 Å². The summed E-state index contributed by atoms with van der Waals surface area (Å²) in [7, 11) is 0. The number of nitrogens with one attached hydrogen (secondary N) is 1. The highest BCUT2D eigenvalue weighted by Crippen LogP contribution is 2.29. The van der Waals surface area contributed by atoms with E-state index in [1.165, 1.54) is 51.5 Å². The first-order valence-electron chi connectivity index (χ1n) is 6.20. The summed E-state index contributed by atoms with van der Waals surface area (Å²) in [4.78, 5) is 0. The molecule has 2 unspecified atom stereocenters. The molecule has 1 heteroatoms. The number of hydrogen-bond acceptors (Lipinski definition) is 1. The van der Waals surface area contributed by atoms with Gasteiger partial charge in [0.05, 0.1) is 0 Å². The maximum Gasteiger partial charge on any atom is 0.00953 e. The zero-order chi connectivity index (χ0) is 9.52. The molecule has 0 radical (unpaired) electrons. The third-order valence-corrected chi connectivity index (χ3v) is 3.32. The average Bonchev–Trinajstić information content (AvgIpc) is 2.45. The Kier molecular flexibility index (Phi) is 5.45. The largest absolute Gasteiger partial charge is 0.314 e. The van der Waals surface area contributed by atoms with Gasteiger partial charge >= 0.3 is 0 Å². The second kappa shape index (κ2) is 6.42. The third kappa shape index (κ3) is 3.30. The van der Waals surface area contributed by atoms with Gasteiger partial charge in [-0.25, -0.2) is 0 Å². The molecule has 2 aliphatic rings. The van der Waals surface area contributed by atoms with E-state index < -0.39 is 0 Å². The van der Waals surface area contributed by atoms with Crippen molar-refractivity contribution in [2.75, 3.05) is 6.54 Å². The van der Waals surface area contributed by atoms with Crippen LogP contribution in [0, 0.1) is 5.92 Å². The van der Waals surface area contributed by atoms with Gasteiger partial charge in [-0.3, -0.25) is 0 Å². The monoisotopic (exact) mass is 183 g/mol. The van der Waals surface area contributed by atoms with Gasteiger partial charge in [-0.05, 0) is 38.1 Å². The molecular formula is C12H25N. The van der Waals surface area contributed by atoms with Crippen LogP contribution in [0.15, 0.2) is 0 Å². The Bertz CT molecular complexity index is 108. The minimum absolute atomic E-state index is 0.895. The first-order valence-corrected chi connectivity index (χ1v) is 6.20. The molecule has 1 aliphatic heterocycles. The van der Waals surface area contributed by atoms with Gasteiger partial charge in [0.15, 0.2) is 0 Å². The van der Waals surface area contributed by atoms with Crippen molar-refractivity contribution in [3.63, 3.8) is 0 Å². The Labute approximate surface area is 83.3 Å². The molecule has 1 N–H and O–H groups in total. The Morgan fingerprint density at radius 1 is 0.846 bits per heavy atom. The fourth-order valence-electron chi connectivity index (χ4n) is 2.65. The summed E-state index contributed by atoms with van der Waals surface area (Å²) >= 11 is 0. The van der Waals surface area contributed by atoms with E-state index in [1.54, 1.807) is 0 Å². The van der Waals surface area contributed by atoms with E-state index in [0.29, 0.717) is 0 Å². The first kappa shape index (κ1) is 11.0. The lowest BCUT2D eigenvalue weighted by molar-refractivity contribution is 0.267. The molecule has 13 heavy (non-hydrogen) atoms. The van der Waals surface area contributed by atoms with Crippen LogP contribution in [0.3, 0.4) is 0 Å². The molecule has 0 bridgehead atoms. The van der Waals surface area contributed by atoms with Crippen molar-refractivity contribution >= 4 is 0 Å². The zero-order valence-corrected chi connectivity index (χ0v) is 9.31. The van der Waals surface area contributed by atoms with Crippen LogP contribution in [0.4, 0.5) is 0 Å². The van der Waals surface area contributed by atoms with E-state index in [4.69, 9.17) is 0 Å². The summed E-state index contributed by atoms with van der Waals surface area (Å²) in [5, 5.41) is 3.66. The van der Waals surface area contributed by atoms with Crippen LogP contribution < -0.4 is 5.32 Å². The summed E-state index contributed by atoms with van der Waals surface area (Å²) in [6.07, 6.45) is 10.3. The highest BCUT2D eigenvalue weighted by atomic mass is 14.9. The maximum absolute atomic E-state index is 3.66. The maximum atomic E-state index is 3.66. The van der Waals surface area contributed by atoms with Gasteiger partial charge in [0.2, 0.25) is 0 Å². The lowest BCUT2D eigenvalue weighted by atomic mass is 9.87. The van der Waals surface area contributed by atoms with Crippen molar-refractivity contribution in [1.82, 2.24) is 5.32 Å². The lowest BCUT2D eigenvalue weighted by Gasteiger charge is -2.30. The minimum atomic E-state index is 0.895. The second-order valence-corrected chi connectivity index (χ2v) is 4.10. The summed E-state index contributed by atoms with van der Waals surface area (Å²) in [5.41, 5.74) is 0.